The molecule has 7 nitrogen and oxygen atoms in total. The van der Waals surface area contributed by atoms with Crippen molar-refractivity contribution in [3.05, 3.63) is 34.7 Å². The minimum absolute atomic E-state index is 0.173. The molecule has 0 aliphatic carbocycles. The Labute approximate surface area is 117 Å². The molecule has 0 bridgehead atoms. The number of aromatic nitrogens is 1. The first-order chi connectivity index (χ1) is 9.43. The third-order valence-corrected chi connectivity index (χ3v) is 2.65. The fourth-order valence-corrected chi connectivity index (χ4v) is 1.73. The van der Waals surface area contributed by atoms with Crippen molar-refractivity contribution in [2.75, 3.05) is 7.11 Å². The van der Waals surface area contributed by atoms with Crippen LogP contribution in [-0.2, 0) is 0 Å². The maximum absolute atomic E-state index is 10.9. The van der Waals surface area contributed by atoms with Crippen molar-refractivity contribution in [2.45, 2.75) is 0 Å². The summed E-state index contributed by atoms with van der Waals surface area (Å²) in [7, 11) is 1.38. The number of halogens is 1. The second-order valence-electron chi connectivity index (χ2n) is 3.65. The molecule has 0 radical (unpaired) electrons. The second kappa shape index (κ2) is 5.22. The van der Waals surface area contributed by atoms with E-state index in [0.717, 1.165) is 0 Å². The molecule has 8 heteroatoms. The van der Waals surface area contributed by atoms with Crippen LogP contribution in [0, 0.1) is 0 Å². The smallest absolute Gasteiger partial charge is 0.374 e. The average Bonchev–Trinajstić information content (AvgIpc) is 2.83. The molecule has 2 N–H and O–H groups in total. The summed E-state index contributed by atoms with van der Waals surface area (Å²) in [6.07, 6.45) is 0. The van der Waals surface area contributed by atoms with Crippen molar-refractivity contribution < 1.29 is 29.0 Å². The highest BCUT2D eigenvalue weighted by atomic mass is 35.5. The number of hydrogen-bond acceptors (Lipinski definition) is 5. The number of hydrogen-bond donors (Lipinski definition) is 2. The molecular formula is C12H8ClNO6. The number of nitrogens with zero attached hydrogens (tertiary/aromatic N) is 1. The highest BCUT2D eigenvalue weighted by Crippen LogP contribution is 2.33. The third kappa shape index (κ3) is 2.43. The Hall–Kier alpha value is -2.54. The van der Waals surface area contributed by atoms with E-state index < -0.39 is 23.4 Å². The average molecular weight is 298 g/mol. The molecule has 0 amide bonds. The van der Waals surface area contributed by atoms with Crippen molar-refractivity contribution >= 4 is 23.5 Å². The molecule has 1 heterocycles. The summed E-state index contributed by atoms with van der Waals surface area (Å²) >= 11 is 5.80. The van der Waals surface area contributed by atoms with E-state index in [0.29, 0.717) is 10.6 Å². The number of carboxylic acids is 2. The van der Waals surface area contributed by atoms with Crippen LogP contribution in [0.2, 0.25) is 5.02 Å². The highest BCUT2D eigenvalue weighted by Gasteiger charge is 2.26. The number of ether oxygens (including phenoxy) is 1. The first-order valence-corrected chi connectivity index (χ1v) is 5.63. The Morgan fingerprint density at radius 3 is 2.50 bits per heavy atom. The minimum Gasteiger partial charge on any atom is -0.496 e. The molecule has 104 valence electrons. The van der Waals surface area contributed by atoms with Gasteiger partial charge in [-0.2, -0.15) is 0 Å². The Morgan fingerprint density at radius 2 is 2.00 bits per heavy atom. The van der Waals surface area contributed by atoms with Gasteiger partial charge in [0.1, 0.15) is 5.75 Å². The summed E-state index contributed by atoms with van der Waals surface area (Å²) in [5.74, 6) is -3.65. The predicted molar refractivity (Wildman–Crippen MR) is 67.4 cm³/mol. The molecule has 0 saturated carbocycles. The number of methoxy groups -OCH3 is 1. The minimum atomic E-state index is -1.52. The first-order valence-electron chi connectivity index (χ1n) is 5.25. The van der Waals surface area contributed by atoms with Crippen molar-refractivity contribution in [1.82, 2.24) is 4.98 Å². The topological polar surface area (TPSA) is 110 Å². The molecule has 2 aromatic rings. The Morgan fingerprint density at radius 1 is 1.30 bits per heavy atom. The predicted octanol–water partition coefficient (Wildman–Crippen LogP) is 2.40. The van der Waals surface area contributed by atoms with E-state index >= 15 is 0 Å². The zero-order valence-electron chi connectivity index (χ0n) is 10.1. The number of benzene rings is 1. The summed E-state index contributed by atoms with van der Waals surface area (Å²) in [4.78, 5) is 25.5. The van der Waals surface area contributed by atoms with Gasteiger partial charge < -0.3 is 19.4 Å². The lowest BCUT2D eigenvalue weighted by Gasteiger charge is -2.05. The zero-order valence-corrected chi connectivity index (χ0v) is 10.8. The molecule has 0 saturated heterocycles. The van der Waals surface area contributed by atoms with Crippen molar-refractivity contribution in [1.29, 1.82) is 0 Å². The SMILES string of the molecule is COc1cc(Cl)ccc1-c1nc(C(=O)O)c(C(=O)O)o1. The van der Waals surface area contributed by atoms with Gasteiger partial charge in [-0.05, 0) is 18.2 Å². The van der Waals surface area contributed by atoms with Gasteiger partial charge in [0.05, 0.1) is 12.7 Å². The summed E-state index contributed by atoms with van der Waals surface area (Å²) in [5, 5.41) is 18.2. The van der Waals surface area contributed by atoms with Crippen molar-refractivity contribution in [2.24, 2.45) is 0 Å². The van der Waals surface area contributed by atoms with Crippen LogP contribution in [0.4, 0.5) is 0 Å². The fourth-order valence-electron chi connectivity index (χ4n) is 1.57. The van der Waals surface area contributed by atoms with Crippen LogP contribution in [0.25, 0.3) is 11.5 Å². The summed E-state index contributed by atoms with van der Waals surface area (Å²) < 4.78 is 10.1. The van der Waals surface area contributed by atoms with Gasteiger partial charge in [-0.15, -0.1) is 0 Å². The van der Waals surface area contributed by atoms with Gasteiger partial charge in [-0.3, -0.25) is 0 Å². The molecule has 1 aromatic carbocycles. The molecule has 0 aliphatic rings. The summed E-state index contributed by atoms with van der Waals surface area (Å²) in [6.45, 7) is 0. The van der Waals surface area contributed by atoms with Gasteiger partial charge in [0.25, 0.3) is 0 Å². The normalized spacial score (nSPS) is 10.3. The van der Waals surface area contributed by atoms with Crippen LogP contribution < -0.4 is 4.74 Å². The third-order valence-electron chi connectivity index (χ3n) is 2.42. The van der Waals surface area contributed by atoms with Gasteiger partial charge >= 0.3 is 11.9 Å². The van der Waals surface area contributed by atoms with E-state index in [-0.39, 0.29) is 11.6 Å². The molecular weight excluding hydrogens is 290 g/mol. The van der Waals surface area contributed by atoms with Gasteiger partial charge in [0.2, 0.25) is 17.3 Å². The van der Waals surface area contributed by atoms with Crippen LogP contribution in [0.3, 0.4) is 0 Å². The zero-order chi connectivity index (χ0) is 14.9. The molecule has 0 unspecified atom stereocenters. The molecule has 1 aromatic heterocycles. The van der Waals surface area contributed by atoms with Gasteiger partial charge in [-0.25, -0.2) is 14.6 Å². The second-order valence-corrected chi connectivity index (χ2v) is 4.09. The quantitative estimate of drug-likeness (QED) is 0.891. The fraction of sp³-hybridized carbons (Fsp3) is 0.0833. The molecule has 0 atom stereocenters. The van der Waals surface area contributed by atoms with Crippen LogP contribution in [0.1, 0.15) is 21.0 Å². The maximum atomic E-state index is 10.9. The van der Waals surface area contributed by atoms with E-state index in [1.807, 2.05) is 0 Å². The van der Waals surface area contributed by atoms with Gasteiger partial charge in [-0.1, -0.05) is 11.6 Å². The molecule has 0 fully saturated rings. The molecule has 20 heavy (non-hydrogen) atoms. The standard InChI is InChI=1S/C12H8ClNO6/c1-19-7-4-5(13)2-3-6(7)10-14-8(11(15)16)9(20-10)12(17)18/h2-4H,1H3,(H,15,16)(H,17,18). The highest BCUT2D eigenvalue weighted by molar-refractivity contribution is 6.30. The number of aromatic carboxylic acids is 2. The monoisotopic (exact) mass is 297 g/mol. The van der Waals surface area contributed by atoms with Gasteiger partial charge in [0, 0.05) is 5.02 Å². The van der Waals surface area contributed by atoms with Crippen LogP contribution >= 0.6 is 11.6 Å². The number of oxazole rings is 1. The van der Waals surface area contributed by atoms with E-state index in [1.54, 1.807) is 0 Å². The molecule has 2 rings (SSSR count). The lowest BCUT2D eigenvalue weighted by atomic mass is 10.2. The summed E-state index contributed by atoms with van der Waals surface area (Å²) in [5.41, 5.74) is -0.378. The van der Waals surface area contributed by atoms with E-state index in [9.17, 15) is 9.59 Å². The number of carbonyl (C=O) groups is 2. The lowest BCUT2D eigenvalue weighted by Crippen LogP contribution is -2.05. The Balaban J connectivity index is 2.62. The van der Waals surface area contributed by atoms with Crippen LogP contribution in [-0.4, -0.2) is 34.2 Å². The molecule has 0 aliphatic heterocycles. The Bertz CT molecular complexity index is 662. The van der Waals surface area contributed by atoms with E-state index in [1.165, 1.54) is 25.3 Å². The van der Waals surface area contributed by atoms with E-state index in [2.05, 4.69) is 4.98 Å². The first kappa shape index (κ1) is 13.9. The van der Waals surface area contributed by atoms with Gasteiger partial charge in [0.15, 0.2) is 0 Å². The summed E-state index contributed by atoms with van der Waals surface area (Å²) in [6, 6.07) is 4.48. The molecule has 0 spiro atoms. The maximum Gasteiger partial charge on any atom is 0.374 e. The van der Waals surface area contributed by atoms with Crippen LogP contribution in [0.15, 0.2) is 22.6 Å². The van der Waals surface area contributed by atoms with E-state index in [4.69, 9.17) is 31.0 Å². The van der Waals surface area contributed by atoms with Crippen LogP contribution in [0.5, 0.6) is 5.75 Å². The lowest BCUT2D eigenvalue weighted by molar-refractivity contribution is 0.0624. The number of carboxylic acid groups (broad SMARTS) is 2. The largest absolute Gasteiger partial charge is 0.496 e. The van der Waals surface area contributed by atoms with Crippen molar-refractivity contribution in [3.8, 4) is 17.2 Å². The Kier molecular flexibility index (Phi) is 3.62. The number of rotatable bonds is 4. The van der Waals surface area contributed by atoms with Crippen molar-refractivity contribution in [3.63, 3.8) is 0 Å².